The van der Waals surface area contributed by atoms with Crippen molar-refractivity contribution in [1.82, 2.24) is 4.98 Å². The number of Topliss-reactive ketones (excluding diaryl/α,β-unsaturated/α-hetero) is 1. The van der Waals surface area contributed by atoms with Crippen molar-refractivity contribution >= 4 is 55.5 Å². The second-order valence-corrected chi connectivity index (χ2v) is 10.5. The third kappa shape index (κ3) is 4.13. The number of thiazole rings is 1. The van der Waals surface area contributed by atoms with Gasteiger partial charge in [0.15, 0.2) is 5.13 Å². The number of thiophene rings is 1. The van der Waals surface area contributed by atoms with E-state index in [-0.39, 0.29) is 11.3 Å². The summed E-state index contributed by atoms with van der Waals surface area (Å²) in [5.74, 6) is -1.06. The van der Waals surface area contributed by atoms with E-state index in [0.717, 1.165) is 32.6 Å². The first-order chi connectivity index (χ1) is 16.9. The Hall–Kier alpha value is -3.49. The molecule has 8 heteroatoms. The number of aliphatic hydroxyl groups is 1. The minimum absolute atomic E-state index is 0.0530. The van der Waals surface area contributed by atoms with E-state index >= 15 is 0 Å². The maximum Gasteiger partial charge on any atom is 0.301 e. The molecule has 178 valence electrons. The Balaban J connectivity index is 1.66. The van der Waals surface area contributed by atoms with Crippen LogP contribution in [0.2, 0.25) is 0 Å². The molecular weight excluding hydrogens is 480 g/mol. The Morgan fingerprint density at radius 2 is 1.97 bits per heavy atom. The summed E-state index contributed by atoms with van der Waals surface area (Å²) >= 11 is 2.80. The molecule has 0 aliphatic carbocycles. The molecule has 0 bridgehead atoms. The van der Waals surface area contributed by atoms with Crippen molar-refractivity contribution in [3.8, 4) is 5.75 Å². The number of anilines is 1. The number of fused-ring (bicyclic) bond motifs is 1. The van der Waals surface area contributed by atoms with Crippen molar-refractivity contribution in [2.24, 2.45) is 0 Å². The van der Waals surface area contributed by atoms with Gasteiger partial charge in [0, 0.05) is 10.4 Å². The summed E-state index contributed by atoms with van der Waals surface area (Å²) in [4.78, 5) is 33.7. The Labute approximate surface area is 211 Å². The van der Waals surface area contributed by atoms with Crippen LogP contribution in [0.25, 0.3) is 16.0 Å². The van der Waals surface area contributed by atoms with Gasteiger partial charge in [-0.3, -0.25) is 14.5 Å². The van der Waals surface area contributed by atoms with E-state index in [2.05, 4.69) is 0 Å². The van der Waals surface area contributed by atoms with Gasteiger partial charge in [0.05, 0.1) is 22.4 Å². The van der Waals surface area contributed by atoms with Gasteiger partial charge in [0.2, 0.25) is 0 Å². The number of carbonyl (C=O) groups is 2. The van der Waals surface area contributed by atoms with E-state index < -0.39 is 17.7 Å². The second kappa shape index (κ2) is 9.28. The highest BCUT2D eigenvalue weighted by Crippen LogP contribution is 2.46. The molecule has 6 nitrogen and oxygen atoms in total. The summed E-state index contributed by atoms with van der Waals surface area (Å²) in [6, 6.07) is 14.0. The second-order valence-electron chi connectivity index (χ2n) is 8.49. The van der Waals surface area contributed by atoms with Crippen molar-refractivity contribution < 1.29 is 19.4 Å². The average Bonchev–Trinajstić information content (AvgIpc) is 3.56. The van der Waals surface area contributed by atoms with Crippen LogP contribution in [0.15, 0.2) is 59.5 Å². The zero-order chi connectivity index (χ0) is 24.7. The Bertz CT molecular complexity index is 1470. The third-order valence-corrected chi connectivity index (χ3v) is 7.79. The lowest BCUT2D eigenvalue weighted by molar-refractivity contribution is -0.132. The lowest BCUT2D eigenvalue weighted by Crippen LogP contribution is -2.28. The molecule has 2 aromatic carbocycles. The number of benzene rings is 2. The minimum Gasteiger partial charge on any atom is -0.507 e. The van der Waals surface area contributed by atoms with Crippen molar-refractivity contribution in [2.45, 2.75) is 33.2 Å². The number of aromatic nitrogens is 1. The Morgan fingerprint density at radius 1 is 1.14 bits per heavy atom. The van der Waals surface area contributed by atoms with Gasteiger partial charge < -0.3 is 9.84 Å². The van der Waals surface area contributed by atoms with E-state index in [1.54, 1.807) is 24.3 Å². The number of aliphatic hydroxyl groups excluding tert-OH is 1. The standard InChI is InChI=1S/C27H24N2O4S2/c1-4-10-33-18-8-5-7-17(14-18)24(30)21-23(19-9-6-11-34-19)29(26(32)25(21)31)27-28-22-16(3)12-15(2)13-20(22)35-27/h5-9,11-14,23,30H,4,10H2,1-3H3/b24-21+. The van der Waals surface area contributed by atoms with Crippen molar-refractivity contribution in [3.05, 3.63) is 81.1 Å². The highest BCUT2D eigenvalue weighted by Gasteiger charge is 2.48. The van der Waals surface area contributed by atoms with Crippen LogP contribution in [0.4, 0.5) is 5.13 Å². The van der Waals surface area contributed by atoms with Gasteiger partial charge in [-0.05, 0) is 61.0 Å². The van der Waals surface area contributed by atoms with Crippen LogP contribution >= 0.6 is 22.7 Å². The molecule has 1 aliphatic heterocycles. The number of nitrogens with zero attached hydrogens (tertiary/aromatic N) is 2. The zero-order valence-electron chi connectivity index (χ0n) is 19.6. The van der Waals surface area contributed by atoms with Crippen LogP contribution < -0.4 is 9.64 Å². The highest BCUT2D eigenvalue weighted by molar-refractivity contribution is 7.22. The lowest BCUT2D eigenvalue weighted by Gasteiger charge is -2.21. The van der Waals surface area contributed by atoms with Crippen molar-refractivity contribution in [1.29, 1.82) is 0 Å². The van der Waals surface area contributed by atoms with Crippen LogP contribution in [-0.2, 0) is 9.59 Å². The van der Waals surface area contributed by atoms with E-state index in [9.17, 15) is 14.7 Å². The summed E-state index contributed by atoms with van der Waals surface area (Å²) in [6.45, 7) is 6.55. The molecule has 3 heterocycles. The third-order valence-electron chi connectivity index (χ3n) is 5.86. The first kappa shape index (κ1) is 23.3. The molecule has 5 rings (SSSR count). The molecule has 1 atom stereocenters. The van der Waals surface area contributed by atoms with Gasteiger partial charge in [-0.25, -0.2) is 4.98 Å². The van der Waals surface area contributed by atoms with Gasteiger partial charge in [0.25, 0.3) is 5.78 Å². The number of amides is 1. The van der Waals surface area contributed by atoms with E-state index in [4.69, 9.17) is 9.72 Å². The summed E-state index contributed by atoms with van der Waals surface area (Å²) < 4.78 is 6.65. The summed E-state index contributed by atoms with van der Waals surface area (Å²) in [6.07, 6.45) is 0.848. The van der Waals surface area contributed by atoms with Gasteiger partial charge in [-0.15, -0.1) is 11.3 Å². The summed E-state index contributed by atoms with van der Waals surface area (Å²) in [5, 5.41) is 13.7. The normalized spacial score (nSPS) is 17.5. The topological polar surface area (TPSA) is 79.7 Å². The largest absolute Gasteiger partial charge is 0.507 e. The highest BCUT2D eigenvalue weighted by atomic mass is 32.1. The monoisotopic (exact) mass is 504 g/mol. The molecule has 1 saturated heterocycles. The fraction of sp³-hybridized carbons (Fsp3) is 0.222. The molecule has 1 unspecified atom stereocenters. The first-order valence-corrected chi connectivity index (χ1v) is 13.0. The molecule has 0 saturated carbocycles. The fourth-order valence-electron chi connectivity index (χ4n) is 4.32. The predicted molar refractivity (Wildman–Crippen MR) is 140 cm³/mol. The van der Waals surface area contributed by atoms with Gasteiger partial charge in [-0.2, -0.15) is 0 Å². The van der Waals surface area contributed by atoms with Gasteiger partial charge >= 0.3 is 5.91 Å². The molecule has 0 spiro atoms. The Morgan fingerprint density at radius 3 is 2.71 bits per heavy atom. The van der Waals surface area contributed by atoms with Gasteiger partial charge in [0.1, 0.15) is 17.6 Å². The fourth-order valence-corrected chi connectivity index (χ4v) is 6.31. The van der Waals surface area contributed by atoms with Crippen molar-refractivity contribution in [2.75, 3.05) is 11.5 Å². The van der Waals surface area contributed by atoms with Crippen molar-refractivity contribution in [3.63, 3.8) is 0 Å². The van der Waals surface area contributed by atoms with Crippen LogP contribution in [0.1, 0.15) is 41.0 Å². The van der Waals surface area contributed by atoms with Crippen LogP contribution in [0.5, 0.6) is 5.75 Å². The van der Waals surface area contributed by atoms with Crippen LogP contribution in [0, 0.1) is 13.8 Å². The van der Waals surface area contributed by atoms with E-state index in [0.29, 0.717) is 23.1 Å². The number of ether oxygens (including phenoxy) is 1. The minimum atomic E-state index is -0.766. The molecule has 2 aromatic heterocycles. The zero-order valence-corrected chi connectivity index (χ0v) is 21.2. The van der Waals surface area contributed by atoms with E-state index in [1.807, 2.05) is 50.4 Å². The molecule has 1 N–H and O–H groups in total. The molecule has 4 aromatic rings. The summed E-state index contributed by atoms with van der Waals surface area (Å²) in [5.41, 5.74) is 3.40. The maximum atomic E-state index is 13.4. The number of ketones is 1. The average molecular weight is 505 g/mol. The van der Waals surface area contributed by atoms with Crippen LogP contribution in [0.3, 0.4) is 0 Å². The SMILES string of the molecule is CCCOc1cccc(/C(O)=C2\C(=O)C(=O)N(c3nc4c(C)cc(C)cc4s3)C2c2cccs2)c1. The number of aryl methyl sites for hydroxylation is 2. The lowest BCUT2D eigenvalue weighted by atomic mass is 10.00. The Kier molecular flexibility index (Phi) is 6.17. The molecule has 35 heavy (non-hydrogen) atoms. The molecular formula is C27H24N2O4S2. The predicted octanol–water partition coefficient (Wildman–Crippen LogP) is 6.39. The quantitative estimate of drug-likeness (QED) is 0.187. The number of rotatable bonds is 6. The molecule has 1 aliphatic rings. The molecule has 1 amide bonds. The molecule has 1 fully saturated rings. The summed E-state index contributed by atoms with van der Waals surface area (Å²) in [7, 11) is 0. The number of hydrogen-bond donors (Lipinski definition) is 1. The van der Waals surface area contributed by atoms with Gasteiger partial charge in [-0.1, -0.05) is 42.5 Å². The number of hydrogen-bond acceptors (Lipinski definition) is 7. The van der Waals surface area contributed by atoms with Crippen LogP contribution in [-0.4, -0.2) is 28.4 Å². The maximum absolute atomic E-state index is 13.4. The smallest absolute Gasteiger partial charge is 0.301 e. The van der Waals surface area contributed by atoms with E-state index in [1.165, 1.54) is 27.6 Å². The number of carbonyl (C=O) groups excluding carboxylic acids is 2. The first-order valence-electron chi connectivity index (χ1n) is 11.3. The molecule has 0 radical (unpaired) electrons.